The summed E-state index contributed by atoms with van der Waals surface area (Å²) in [5, 5.41) is 8.36. The van der Waals surface area contributed by atoms with Gasteiger partial charge >= 0.3 is 6.01 Å². The van der Waals surface area contributed by atoms with Crippen LogP contribution in [0.4, 0.5) is 0 Å². The van der Waals surface area contributed by atoms with Gasteiger partial charge in [-0.2, -0.15) is 10.1 Å². The van der Waals surface area contributed by atoms with Crippen molar-refractivity contribution in [2.24, 2.45) is 0 Å². The average Bonchev–Trinajstić information content (AvgIpc) is 2.56. The smallest absolute Gasteiger partial charge is 0.335 e. The molecule has 2 aromatic carbocycles. The van der Waals surface area contributed by atoms with Crippen LogP contribution in [0.2, 0.25) is 5.02 Å². The highest BCUT2D eigenvalue weighted by atomic mass is 35.5. The fourth-order valence-corrected chi connectivity index (χ4v) is 2.11. The molecule has 0 aliphatic heterocycles. The summed E-state index contributed by atoms with van der Waals surface area (Å²) in [5.74, 6) is 0. The van der Waals surface area contributed by atoms with E-state index in [0.29, 0.717) is 0 Å². The van der Waals surface area contributed by atoms with Gasteiger partial charge < -0.3 is 4.74 Å². The summed E-state index contributed by atoms with van der Waals surface area (Å²) in [6.07, 6.45) is 1.61. The van der Waals surface area contributed by atoms with Crippen molar-refractivity contribution < 1.29 is 4.74 Å². The van der Waals surface area contributed by atoms with Gasteiger partial charge in [-0.05, 0) is 23.3 Å². The van der Waals surface area contributed by atoms with Crippen molar-refractivity contribution in [1.82, 2.24) is 15.2 Å². The van der Waals surface area contributed by atoms with Crippen molar-refractivity contribution in [1.29, 1.82) is 0 Å². The van der Waals surface area contributed by atoms with Crippen molar-refractivity contribution in [2.45, 2.75) is 0 Å². The molecule has 0 spiro atoms. The fourth-order valence-electron chi connectivity index (χ4n) is 1.99. The summed E-state index contributed by atoms with van der Waals surface area (Å²) in [7, 11) is 1.52. The number of methoxy groups -OCH3 is 1. The molecule has 0 aliphatic carbocycles. The maximum absolute atomic E-state index is 5.90. The molecule has 0 aliphatic rings. The molecule has 3 aromatic rings. The lowest BCUT2D eigenvalue weighted by Crippen LogP contribution is -1.95. The second-order valence-corrected chi connectivity index (χ2v) is 4.85. The first kappa shape index (κ1) is 13.5. The van der Waals surface area contributed by atoms with Crippen molar-refractivity contribution in [3.05, 3.63) is 59.8 Å². The minimum atomic E-state index is 0.259. The number of nitrogens with zero attached hydrogens (tertiary/aromatic N) is 3. The maximum Gasteiger partial charge on any atom is 0.335 e. The monoisotopic (exact) mass is 297 g/mol. The van der Waals surface area contributed by atoms with Crippen molar-refractivity contribution >= 4 is 11.6 Å². The summed E-state index contributed by atoms with van der Waals surface area (Å²) >= 11 is 5.90. The largest absolute Gasteiger partial charge is 0.466 e. The van der Waals surface area contributed by atoms with Gasteiger partial charge in [0.25, 0.3) is 0 Å². The SMILES string of the molecule is COc1nncc(-c2ccc(-c3ccc(Cl)cc3)cc2)n1. The van der Waals surface area contributed by atoms with E-state index in [2.05, 4.69) is 15.2 Å². The quantitative estimate of drug-likeness (QED) is 0.736. The first-order valence-electron chi connectivity index (χ1n) is 6.36. The first-order valence-corrected chi connectivity index (χ1v) is 6.74. The maximum atomic E-state index is 5.90. The van der Waals surface area contributed by atoms with Crippen LogP contribution >= 0.6 is 11.6 Å². The van der Waals surface area contributed by atoms with Gasteiger partial charge in [0, 0.05) is 10.6 Å². The van der Waals surface area contributed by atoms with Gasteiger partial charge in [-0.1, -0.05) is 53.1 Å². The van der Waals surface area contributed by atoms with Crippen LogP contribution in [0, 0.1) is 0 Å². The summed E-state index contributed by atoms with van der Waals surface area (Å²) in [4.78, 5) is 4.26. The molecule has 0 saturated heterocycles. The van der Waals surface area contributed by atoms with Gasteiger partial charge in [-0.25, -0.2) is 0 Å². The normalized spacial score (nSPS) is 10.4. The van der Waals surface area contributed by atoms with E-state index >= 15 is 0 Å². The standard InChI is InChI=1S/C16H12ClN3O/c1-21-16-19-15(10-18-20-16)13-4-2-11(3-5-13)12-6-8-14(17)9-7-12/h2-10H,1H3. The van der Waals surface area contributed by atoms with Gasteiger partial charge in [0.05, 0.1) is 19.0 Å². The summed E-state index contributed by atoms with van der Waals surface area (Å²) in [6.45, 7) is 0. The Kier molecular flexibility index (Phi) is 3.79. The Morgan fingerprint density at radius 2 is 1.43 bits per heavy atom. The number of hydrogen-bond donors (Lipinski definition) is 0. The van der Waals surface area contributed by atoms with E-state index in [1.165, 1.54) is 7.11 Å². The lowest BCUT2D eigenvalue weighted by molar-refractivity contribution is 0.374. The van der Waals surface area contributed by atoms with Crippen LogP contribution in [-0.4, -0.2) is 22.3 Å². The molecule has 3 rings (SSSR count). The predicted molar refractivity (Wildman–Crippen MR) is 82.3 cm³/mol. The third-order valence-electron chi connectivity index (χ3n) is 3.08. The zero-order valence-corrected chi connectivity index (χ0v) is 12.1. The molecule has 5 heteroatoms. The summed E-state index contributed by atoms with van der Waals surface area (Å²) in [5.41, 5.74) is 3.92. The van der Waals surface area contributed by atoms with E-state index < -0.39 is 0 Å². The minimum absolute atomic E-state index is 0.259. The van der Waals surface area contributed by atoms with Crippen LogP contribution in [0.3, 0.4) is 0 Å². The fraction of sp³-hybridized carbons (Fsp3) is 0.0625. The number of benzene rings is 2. The van der Waals surface area contributed by atoms with Crippen molar-refractivity contribution in [3.63, 3.8) is 0 Å². The van der Waals surface area contributed by atoms with Gasteiger partial charge in [-0.3, -0.25) is 0 Å². The third-order valence-corrected chi connectivity index (χ3v) is 3.33. The highest BCUT2D eigenvalue weighted by molar-refractivity contribution is 6.30. The second kappa shape index (κ2) is 5.89. The highest BCUT2D eigenvalue weighted by Gasteiger charge is 2.04. The molecular weight excluding hydrogens is 286 g/mol. The van der Waals surface area contributed by atoms with Crippen LogP contribution in [0.15, 0.2) is 54.7 Å². The summed E-state index contributed by atoms with van der Waals surface area (Å²) < 4.78 is 4.98. The number of rotatable bonds is 3. The molecular formula is C16H12ClN3O. The van der Waals surface area contributed by atoms with E-state index in [1.807, 2.05) is 48.5 Å². The number of ether oxygens (including phenoxy) is 1. The van der Waals surface area contributed by atoms with Gasteiger partial charge in [0.2, 0.25) is 0 Å². The Morgan fingerprint density at radius 3 is 2.05 bits per heavy atom. The van der Waals surface area contributed by atoms with Crippen LogP contribution in [-0.2, 0) is 0 Å². The van der Waals surface area contributed by atoms with Crippen molar-refractivity contribution in [3.8, 4) is 28.4 Å². The zero-order valence-electron chi connectivity index (χ0n) is 11.3. The van der Waals surface area contributed by atoms with Crippen LogP contribution < -0.4 is 4.74 Å². The van der Waals surface area contributed by atoms with E-state index in [1.54, 1.807) is 6.20 Å². The predicted octanol–water partition coefficient (Wildman–Crippen LogP) is 3.87. The molecule has 0 unspecified atom stereocenters. The average molecular weight is 298 g/mol. The Labute approximate surface area is 127 Å². The lowest BCUT2D eigenvalue weighted by atomic mass is 10.0. The summed E-state index contributed by atoms with van der Waals surface area (Å²) in [6, 6.07) is 16.1. The molecule has 1 heterocycles. The molecule has 0 N–H and O–H groups in total. The zero-order chi connectivity index (χ0) is 14.7. The number of hydrogen-bond acceptors (Lipinski definition) is 4. The minimum Gasteiger partial charge on any atom is -0.466 e. The molecule has 0 atom stereocenters. The molecule has 0 fully saturated rings. The molecule has 0 radical (unpaired) electrons. The Hall–Kier alpha value is -2.46. The topological polar surface area (TPSA) is 47.9 Å². The van der Waals surface area contributed by atoms with E-state index in [-0.39, 0.29) is 6.01 Å². The second-order valence-electron chi connectivity index (χ2n) is 4.41. The molecule has 21 heavy (non-hydrogen) atoms. The Morgan fingerprint density at radius 1 is 0.857 bits per heavy atom. The number of halogens is 1. The molecule has 4 nitrogen and oxygen atoms in total. The van der Waals surface area contributed by atoms with Gasteiger partial charge in [0.1, 0.15) is 0 Å². The third kappa shape index (κ3) is 3.01. The Bertz CT molecular complexity index is 742. The van der Waals surface area contributed by atoms with Gasteiger partial charge in [-0.15, -0.1) is 0 Å². The van der Waals surface area contributed by atoms with E-state index in [4.69, 9.17) is 16.3 Å². The van der Waals surface area contributed by atoms with Crippen LogP contribution in [0.5, 0.6) is 6.01 Å². The lowest BCUT2D eigenvalue weighted by Gasteiger charge is -2.05. The molecule has 104 valence electrons. The van der Waals surface area contributed by atoms with Crippen molar-refractivity contribution in [2.75, 3.05) is 7.11 Å². The van der Waals surface area contributed by atoms with Gasteiger partial charge in [0.15, 0.2) is 0 Å². The number of aromatic nitrogens is 3. The highest BCUT2D eigenvalue weighted by Crippen LogP contribution is 2.25. The molecule has 1 aromatic heterocycles. The molecule has 0 amide bonds. The molecule has 0 saturated carbocycles. The Balaban J connectivity index is 1.91. The first-order chi connectivity index (χ1) is 10.3. The van der Waals surface area contributed by atoms with E-state index in [0.717, 1.165) is 27.4 Å². The van der Waals surface area contributed by atoms with Crippen LogP contribution in [0.25, 0.3) is 22.4 Å². The van der Waals surface area contributed by atoms with E-state index in [9.17, 15) is 0 Å². The van der Waals surface area contributed by atoms with Crippen LogP contribution in [0.1, 0.15) is 0 Å². The molecule has 0 bridgehead atoms.